The first-order valence-corrected chi connectivity index (χ1v) is 4.80. The summed E-state index contributed by atoms with van der Waals surface area (Å²) in [6, 6.07) is 4.17. The number of likely N-dealkylation sites (N-methyl/N-ethyl adjacent to an activating group) is 2. The van der Waals surface area contributed by atoms with Crippen LogP contribution in [0.2, 0.25) is 5.02 Å². The van der Waals surface area contributed by atoms with Gasteiger partial charge in [-0.15, -0.1) is 0 Å². The van der Waals surface area contributed by atoms with Crippen LogP contribution in [0.3, 0.4) is 0 Å². The SMILES string of the molecule is CNCC(=O)N(C)c1ccc(F)c(Cl)c1. The van der Waals surface area contributed by atoms with Gasteiger partial charge in [0.05, 0.1) is 11.6 Å². The highest BCUT2D eigenvalue weighted by atomic mass is 35.5. The molecule has 0 bridgehead atoms. The molecule has 0 fully saturated rings. The normalized spacial score (nSPS) is 10.1. The molecule has 1 N–H and O–H groups in total. The second kappa shape index (κ2) is 5.09. The maximum absolute atomic E-state index is 12.9. The summed E-state index contributed by atoms with van der Waals surface area (Å²) in [7, 11) is 3.30. The van der Waals surface area contributed by atoms with Gasteiger partial charge in [-0.1, -0.05) is 11.6 Å². The Morgan fingerprint density at radius 2 is 2.27 bits per heavy atom. The van der Waals surface area contributed by atoms with Gasteiger partial charge >= 0.3 is 0 Å². The van der Waals surface area contributed by atoms with Crippen LogP contribution in [0, 0.1) is 5.82 Å². The highest BCUT2D eigenvalue weighted by Gasteiger charge is 2.11. The maximum Gasteiger partial charge on any atom is 0.240 e. The number of carbonyl (C=O) groups excluding carboxylic acids is 1. The standard InChI is InChI=1S/C10H12ClFN2O/c1-13-6-10(15)14(2)7-3-4-9(12)8(11)5-7/h3-5,13H,6H2,1-2H3. The molecule has 1 aromatic rings. The van der Waals surface area contributed by atoms with E-state index >= 15 is 0 Å². The van der Waals surface area contributed by atoms with E-state index in [1.165, 1.54) is 23.1 Å². The van der Waals surface area contributed by atoms with Crippen LogP contribution >= 0.6 is 11.6 Å². The van der Waals surface area contributed by atoms with Crippen LogP contribution in [0.5, 0.6) is 0 Å². The molecule has 0 aliphatic rings. The van der Waals surface area contributed by atoms with Gasteiger partial charge in [-0.3, -0.25) is 4.79 Å². The average Bonchev–Trinajstić information content (AvgIpc) is 2.21. The van der Waals surface area contributed by atoms with Crippen molar-refractivity contribution in [1.82, 2.24) is 5.32 Å². The minimum atomic E-state index is -0.491. The predicted octanol–water partition coefficient (Wildman–Crippen LogP) is 1.66. The summed E-state index contributed by atoms with van der Waals surface area (Å²) in [5.74, 6) is -0.602. The van der Waals surface area contributed by atoms with Crippen LogP contribution in [-0.4, -0.2) is 26.5 Å². The van der Waals surface area contributed by atoms with Gasteiger partial charge in [0, 0.05) is 12.7 Å². The third-order valence-electron chi connectivity index (χ3n) is 1.99. The molecule has 82 valence electrons. The third kappa shape index (κ3) is 2.91. The molecule has 0 aliphatic heterocycles. The Balaban J connectivity index is 2.86. The van der Waals surface area contributed by atoms with Crippen molar-refractivity contribution in [3.8, 4) is 0 Å². The number of carbonyl (C=O) groups is 1. The molecule has 0 atom stereocenters. The molecule has 0 unspecified atom stereocenters. The molecule has 1 aromatic carbocycles. The summed E-state index contributed by atoms with van der Waals surface area (Å²) in [6.45, 7) is 0.228. The zero-order valence-electron chi connectivity index (χ0n) is 8.55. The molecule has 15 heavy (non-hydrogen) atoms. The van der Waals surface area contributed by atoms with Gasteiger partial charge in [0.2, 0.25) is 5.91 Å². The molecule has 0 saturated heterocycles. The van der Waals surface area contributed by atoms with E-state index in [0.29, 0.717) is 5.69 Å². The highest BCUT2D eigenvalue weighted by Crippen LogP contribution is 2.21. The van der Waals surface area contributed by atoms with Crippen molar-refractivity contribution < 1.29 is 9.18 Å². The van der Waals surface area contributed by atoms with Crippen molar-refractivity contribution in [2.24, 2.45) is 0 Å². The lowest BCUT2D eigenvalue weighted by molar-refractivity contribution is -0.117. The molecular weight excluding hydrogens is 219 g/mol. The Kier molecular flexibility index (Phi) is 4.05. The molecule has 0 heterocycles. The molecule has 0 aromatic heterocycles. The molecule has 1 amide bonds. The lowest BCUT2D eigenvalue weighted by atomic mass is 10.3. The Morgan fingerprint density at radius 1 is 1.60 bits per heavy atom. The van der Waals surface area contributed by atoms with Crippen LogP contribution in [0.25, 0.3) is 0 Å². The zero-order chi connectivity index (χ0) is 11.4. The Morgan fingerprint density at radius 3 is 2.80 bits per heavy atom. The molecule has 0 spiro atoms. The van der Waals surface area contributed by atoms with E-state index in [4.69, 9.17) is 11.6 Å². The minimum absolute atomic E-state index is 0.0107. The number of hydrogen-bond donors (Lipinski definition) is 1. The van der Waals surface area contributed by atoms with Gasteiger partial charge < -0.3 is 10.2 Å². The Hall–Kier alpha value is -1.13. The van der Waals surface area contributed by atoms with Crippen LogP contribution in [0.1, 0.15) is 0 Å². The van der Waals surface area contributed by atoms with E-state index in [0.717, 1.165) is 0 Å². The number of amides is 1. The van der Waals surface area contributed by atoms with E-state index in [9.17, 15) is 9.18 Å². The summed E-state index contributed by atoms with van der Waals surface area (Å²) >= 11 is 5.61. The van der Waals surface area contributed by atoms with Crippen molar-refractivity contribution in [3.63, 3.8) is 0 Å². The zero-order valence-corrected chi connectivity index (χ0v) is 9.31. The maximum atomic E-state index is 12.9. The minimum Gasteiger partial charge on any atom is -0.314 e. The van der Waals surface area contributed by atoms with Crippen LogP contribution in [-0.2, 0) is 4.79 Å². The lowest BCUT2D eigenvalue weighted by Gasteiger charge is -2.17. The van der Waals surface area contributed by atoms with Crippen molar-refractivity contribution in [1.29, 1.82) is 0 Å². The van der Waals surface area contributed by atoms with E-state index in [-0.39, 0.29) is 17.5 Å². The molecular formula is C10H12ClFN2O. The summed E-state index contributed by atoms with van der Waals surface area (Å²) in [4.78, 5) is 12.9. The van der Waals surface area contributed by atoms with Gasteiger partial charge in [0.1, 0.15) is 5.82 Å². The number of hydrogen-bond acceptors (Lipinski definition) is 2. The first kappa shape index (κ1) is 11.9. The summed E-state index contributed by atoms with van der Waals surface area (Å²) in [5.41, 5.74) is 0.571. The summed E-state index contributed by atoms with van der Waals surface area (Å²) < 4.78 is 12.9. The fourth-order valence-electron chi connectivity index (χ4n) is 1.11. The van der Waals surface area contributed by atoms with Crippen molar-refractivity contribution in [2.75, 3.05) is 25.5 Å². The number of nitrogens with one attached hydrogen (secondary N) is 1. The van der Waals surface area contributed by atoms with E-state index in [1.54, 1.807) is 14.1 Å². The molecule has 5 heteroatoms. The van der Waals surface area contributed by atoms with Gasteiger partial charge in [-0.25, -0.2) is 4.39 Å². The molecule has 1 rings (SSSR count). The summed E-state index contributed by atoms with van der Waals surface area (Å²) in [6.07, 6.45) is 0. The number of rotatable bonds is 3. The lowest BCUT2D eigenvalue weighted by Crippen LogP contribution is -2.34. The number of anilines is 1. The Bertz CT molecular complexity index is 370. The fourth-order valence-corrected chi connectivity index (χ4v) is 1.28. The van der Waals surface area contributed by atoms with Crippen molar-refractivity contribution >= 4 is 23.2 Å². The van der Waals surface area contributed by atoms with Crippen LogP contribution in [0.4, 0.5) is 10.1 Å². The molecule has 0 aliphatic carbocycles. The van der Waals surface area contributed by atoms with Gasteiger partial charge in [0.25, 0.3) is 0 Å². The second-order valence-electron chi connectivity index (χ2n) is 3.08. The number of benzene rings is 1. The topological polar surface area (TPSA) is 32.3 Å². The van der Waals surface area contributed by atoms with Crippen LogP contribution < -0.4 is 10.2 Å². The largest absolute Gasteiger partial charge is 0.314 e. The molecule has 0 saturated carbocycles. The van der Waals surface area contributed by atoms with E-state index < -0.39 is 5.82 Å². The first-order valence-electron chi connectivity index (χ1n) is 4.42. The van der Waals surface area contributed by atoms with E-state index in [1.807, 2.05) is 0 Å². The monoisotopic (exact) mass is 230 g/mol. The fraction of sp³-hybridized carbons (Fsp3) is 0.300. The third-order valence-corrected chi connectivity index (χ3v) is 2.28. The van der Waals surface area contributed by atoms with Crippen molar-refractivity contribution in [2.45, 2.75) is 0 Å². The van der Waals surface area contributed by atoms with E-state index in [2.05, 4.69) is 5.32 Å². The quantitative estimate of drug-likeness (QED) is 0.857. The second-order valence-corrected chi connectivity index (χ2v) is 3.49. The average molecular weight is 231 g/mol. The highest BCUT2D eigenvalue weighted by molar-refractivity contribution is 6.31. The smallest absolute Gasteiger partial charge is 0.240 e. The van der Waals surface area contributed by atoms with Crippen LogP contribution in [0.15, 0.2) is 18.2 Å². The first-order chi connectivity index (χ1) is 7.06. The van der Waals surface area contributed by atoms with Gasteiger partial charge in [0.15, 0.2) is 0 Å². The molecule has 0 radical (unpaired) electrons. The van der Waals surface area contributed by atoms with Gasteiger partial charge in [-0.05, 0) is 25.2 Å². The predicted molar refractivity (Wildman–Crippen MR) is 58.7 cm³/mol. The van der Waals surface area contributed by atoms with Crippen molar-refractivity contribution in [3.05, 3.63) is 29.0 Å². The van der Waals surface area contributed by atoms with Gasteiger partial charge in [-0.2, -0.15) is 0 Å². The number of halogens is 2. The Labute approximate surface area is 92.8 Å². The summed E-state index contributed by atoms with van der Waals surface area (Å²) in [5, 5.41) is 2.76. The number of nitrogens with zero attached hydrogens (tertiary/aromatic N) is 1. The molecule has 3 nitrogen and oxygen atoms in total.